The van der Waals surface area contributed by atoms with Crippen LogP contribution >= 0.6 is 0 Å². The first-order valence-corrected chi connectivity index (χ1v) is 11.2. The van der Waals surface area contributed by atoms with Gasteiger partial charge in [0.1, 0.15) is 5.83 Å². The fourth-order valence-corrected chi connectivity index (χ4v) is 4.94. The van der Waals surface area contributed by atoms with Crippen LogP contribution in [0, 0.1) is 5.92 Å². The van der Waals surface area contributed by atoms with Crippen molar-refractivity contribution in [3.8, 4) is 0 Å². The lowest BCUT2D eigenvalue weighted by Crippen LogP contribution is -2.52. The average Bonchev–Trinajstić information content (AvgIpc) is 3.26. The van der Waals surface area contributed by atoms with E-state index < -0.39 is 6.35 Å². The van der Waals surface area contributed by atoms with Crippen molar-refractivity contribution in [2.24, 2.45) is 5.92 Å². The number of nitrogens with one attached hydrogen (secondary N) is 4. The van der Waals surface area contributed by atoms with Crippen LogP contribution in [0.3, 0.4) is 0 Å². The highest BCUT2D eigenvalue weighted by Crippen LogP contribution is 2.29. The minimum atomic E-state index is -0.882. The Morgan fingerprint density at radius 1 is 1.14 bits per heavy atom. The van der Waals surface area contributed by atoms with Crippen LogP contribution in [0.15, 0.2) is 47.5 Å². The zero-order valence-electron chi connectivity index (χ0n) is 17.3. The lowest BCUT2D eigenvalue weighted by Gasteiger charge is -2.32. The Morgan fingerprint density at radius 3 is 2.79 bits per heavy atom. The molecule has 0 aromatic heterocycles. The van der Waals surface area contributed by atoms with Gasteiger partial charge in [-0.25, -0.2) is 4.39 Å². The summed E-state index contributed by atoms with van der Waals surface area (Å²) in [4.78, 5) is 0. The van der Waals surface area contributed by atoms with Crippen LogP contribution in [-0.2, 0) is 0 Å². The Kier molecular flexibility index (Phi) is 6.85. The fraction of sp³-hybridized carbons (Fsp3) is 0.652. The summed E-state index contributed by atoms with van der Waals surface area (Å²) in [6.07, 6.45) is 16.3. The Labute approximate surface area is 173 Å². The van der Waals surface area contributed by atoms with Gasteiger partial charge in [0.25, 0.3) is 0 Å². The summed E-state index contributed by atoms with van der Waals surface area (Å²) in [6, 6.07) is 0.680. The van der Waals surface area contributed by atoms with Crippen molar-refractivity contribution in [1.29, 1.82) is 0 Å². The molecule has 160 valence electrons. The number of aliphatic hydroxyl groups excluding tert-OH is 1. The lowest BCUT2D eigenvalue weighted by atomic mass is 9.86. The van der Waals surface area contributed by atoms with Crippen LogP contribution in [0.4, 0.5) is 4.39 Å². The summed E-state index contributed by atoms with van der Waals surface area (Å²) in [5, 5.41) is 23.6. The van der Waals surface area contributed by atoms with E-state index in [1.165, 1.54) is 11.1 Å². The zero-order valence-corrected chi connectivity index (χ0v) is 17.3. The molecule has 0 aromatic carbocycles. The molecule has 0 radical (unpaired) electrons. The third-order valence-corrected chi connectivity index (χ3v) is 6.67. The summed E-state index contributed by atoms with van der Waals surface area (Å²) in [5.41, 5.74) is 2.93. The minimum Gasteiger partial charge on any atom is -0.386 e. The van der Waals surface area contributed by atoms with Gasteiger partial charge < -0.3 is 15.7 Å². The summed E-state index contributed by atoms with van der Waals surface area (Å²) >= 11 is 0. The van der Waals surface area contributed by atoms with Crippen molar-refractivity contribution in [2.75, 3.05) is 6.54 Å². The summed E-state index contributed by atoms with van der Waals surface area (Å²) in [5.74, 6) is 0.297. The van der Waals surface area contributed by atoms with Crippen molar-refractivity contribution in [3.63, 3.8) is 0 Å². The Hall–Kier alpha value is -1.47. The van der Waals surface area contributed by atoms with Crippen LogP contribution in [0.25, 0.3) is 0 Å². The van der Waals surface area contributed by atoms with Crippen LogP contribution in [-0.4, -0.2) is 42.2 Å². The molecule has 0 bridgehead atoms. The van der Waals surface area contributed by atoms with E-state index in [4.69, 9.17) is 0 Å². The maximum Gasteiger partial charge on any atom is 0.161 e. The second-order valence-corrected chi connectivity index (χ2v) is 8.99. The smallest absolute Gasteiger partial charge is 0.161 e. The van der Waals surface area contributed by atoms with E-state index in [0.717, 1.165) is 51.5 Å². The predicted molar refractivity (Wildman–Crippen MR) is 115 cm³/mol. The van der Waals surface area contributed by atoms with Gasteiger partial charge in [-0.3, -0.25) is 10.6 Å². The number of rotatable bonds is 6. The van der Waals surface area contributed by atoms with E-state index in [9.17, 15) is 9.50 Å². The van der Waals surface area contributed by atoms with Crippen molar-refractivity contribution in [1.82, 2.24) is 21.3 Å². The molecule has 2 aliphatic heterocycles. The molecule has 5 nitrogen and oxygen atoms in total. The predicted octanol–water partition coefficient (Wildman–Crippen LogP) is 2.74. The maximum absolute atomic E-state index is 14.0. The molecule has 4 rings (SSSR count). The lowest BCUT2D eigenvalue weighted by molar-refractivity contribution is 0.0703. The van der Waals surface area contributed by atoms with Gasteiger partial charge in [0, 0.05) is 18.1 Å². The normalized spacial score (nSPS) is 36.1. The van der Waals surface area contributed by atoms with Crippen LogP contribution in [0.1, 0.15) is 51.9 Å². The third kappa shape index (κ3) is 5.37. The van der Waals surface area contributed by atoms with Gasteiger partial charge in [0.2, 0.25) is 0 Å². The largest absolute Gasteiger partial charge is 0.386 e. The molecule has 0 amide bonds. The first-order valence-electron chi connectivity index (χ1n) is 11.2. The third-order valence-electron chi connectivity index (χ3n) is 6.67. The second kappa shape index (κ2) is 9.56. The van der Waals surface area contributed by atoms with Gasteiger partial charge in [0.15, 0.2) is 6.35 Å². The Balaban J connectivity index is 1.28. The summed E-state index contributed by atoms with van der Waals surface area (Å²) in [6.45, 7) is 3.14. The van der Waals surface area contributed by atoms with Gasteiger partial charge >= 0.3 is 0 Å². The maximum atomic E-state index is 14.0. The molecule has 6 heteroatoms. The van der Waals surface area contributed by atoms with Gasteiger partial charge in [-0.05, 0) is 74.8 Å². The topological polar surface area (TPSA) is 68.3 Å². The van der Waals surface area contributed by atoms with Gasteiger partial charge in [-0.2, -0.15) is 0 Å². The quantitative estimate of drug-likeness (QED) is 0.442. The molecule has 2 heterocycles. The molecule has 29 heavy (non-hydrogen) atoms. The zero-order chi connectivity index (χ0) is 20.2. The standard InChI is InChI=1S/C23H35FN4O/c1-15-4-9-19(24)21(13-15)28-23(29)27-18-7-5-16(6-8-18)17-10-12-26-22(14-17)20-3-2-11-25-20/h2,5,9,11,14-15,18,20-23,25-29H,3-4,6-8,10,12-13H2,1H3/t15-,18+,20+,21-,22-,23+/m1/s1. The molecule has 6 atom stereocenters. The molecule has 0 fully saturated rings. The first-order chi connectivity index (χ1) is 14.1. The SMILES string of the molecule is C[C@@H]1CC=C(F)[C@H](N[C@@H](O)N[C@H]2CC=C(C3=C[C@H]([C@@H]4CC=CN4)NCC3)CC2)C1. The molecular weight excluding hydrogens is 367 g/mol. The van der Waals surface area contributed by atoms with Crippen molar-refractivity contribution >= 4 is 0 Å². The number of hydrogen-bond acceptors (Lipinski definition) is 5. The van der Waals surface area contributed by atoms with Gasteiger partial charge in [-0.15, -0.1) is 0 Å². The number of hydrogen-bond donors (Lipinski definition) is 5. The van der Waals surface area contributed by atoms with Crippen LogP contribution in [0.2, 0.25) is 0 Å². The first kappa shape index (κ1) is 20.8. The molecule has 0 saturated carbocycles. The van der Waals surface area contributed by atoms with Crippen LogP contribution in [0.5, 0.6) is 0 Å². The average molecular weight is 403 g/mol. The Morgan fingerprint density at radius 2 is 2.03 bits per heavy atom. The highest BCUT2D eigenvalue weighted by atomic mass is 19.1. The Bertz CT molecular complexity index is 693. The van der Waals surface area contributed by atoms with Crippen molar-refractivity contribution < 1.29 is 9.50 Å². The van der Waals surface area contributed by atoms with E-state index in [0.29, 0.717) is 18.0 Å². The molecule has 0 unspecified atom stereocenters. The van der Waals surface area contributed by atoms with E-state index in [1.807, 2.05) is 0 Å². The number of aliphatic hydroxyl groups is 1. The molecule has 0 saturated heterocycles. The molecule has 2 aliphatic carbocycles. The fourth-order valence-electron chi connectivity index (χ4n) is 4.94. The number of allylic oxidation sites excluding steroid dienone is 2. The number of halogens is 1. The van der Waals surface area contributed by atoms with E-state index in [-0.39, 0.29) is 17.9 Å². The van der Waals surface area contributed by atoms with Crippen LogP contribution < -0.4 is 21.3 Å². The highest BCUT2D eigenvalue weighted by molar-refractivity contribution is 5.36. The monoisotopic (exact) mass is 402 g/mol. The second-order valence-electron chi connectivity index (χ2n) is 8.99. The van der Waals surface area contributed by atoms with Gasteiger partial charge in [-0.1, -0.05) is 31.2 Å². The molecule has 5 N–H and O–H groups in total. The minimum absolute atomic E-state index is 0.144. The molecule has 0 spiro atoms. The molecule has 0 aromatic rings. The van der Waals surface area contributed by atoms with Gasteiger partial charge in [0.05, 0.1) is 6.04 Å². The summed E-state index contributed by atoms with van der Waals surface area (Å²) in [7, 11) is 0. The van der Waals surface area contributed by atoms with E-state index >= 15 is 0 Å². The van der Waals surface area contributed by atoms with Crippen molar-refractivity contribution in [3.05, 3.63) is 47.5 Å². The van der Waals surface area contributed by atoms with E-state index in [2.05, 4.69) is 52.6 Å². The summed E-state index contributed by atoms with van der Waals surface area (Å²) < 4.78 is 14.0. The molecular formula is C23H35FN4O. The van der Waals surface area contributed by atoms with Crippen molar-refractivity contribution in [2.45, 2.75) is 82.4 Å². The molecule has 4 aliphatic rings. The van der Waals surface area contributed by atoms with E-state index in [1.54, 1.807) is 6.08 Å². The highest BCUT2D eigenvalue weighted by Gasteiger charge is 2.27.